The number of benzene rings is 6. The number of para-hydroxylation sites is 2. The fourth-order valence-corrected chi connectivity index (χ4v) is 6.55. The fourth-order valence-electron chi connectivity index (χ4n) is 6.55. The van der Waals surface area contributed by atoms with Crippen molar-refractivity contribution in [3.8, 4) is 27.9 Å². The Balaban J connectivity index is 1.72. The third kappa shape index (κ3) is 2.09. The maximum atomic E-state index is 6.65. The molecule has 2 heterocycles. The third-order valence-corrected chi connectivity index (χ3v) is 7.91. The molecule has 0 radical (unpaired) electrons. The molecule has 0 atom stereocenters. The SMILES string of the molecule is c1ccc(-n2c3cccc4c3c3c5c(cccc5c5oc6ccccc6c5c32)-c2ccccc2-4)cc1. The molecule has 166 valence electrons. The predicted octanol–water partition coefficient (Wildman–Crippen LogP) is 9.48. The summed E-state index contributed by atoms with van der Waals surface area (Å²) in [5.74, 6) is 0. The average Bonchev–Trinajstić information content (AvgIpc) is 3.46. The van der Waals surface area contributed by atoms with Crippen LogP contribution in [0.3, 0.4) is 0 Å². The molecule has 0 amide bonds. The van der Waals surface area contributed by atoms with Crippen molar-refractivity contribution in [2.24, 2.45) is 0 Å². The second kappa shape index (κ2) is 6.44. The van der Waals surface area contributed by atoms with Crippen LogP contribution in [0, 0.1) is 0 Å². The maximum absolute atomic E-state index is 6.65. The van der Waals surface area contributed by atoms with Gasteiger partial charge in [0, 0.05) is 32.6 Å². The average molecular weight is 458 g/mol. The number of rotatable bonds is 1. The molecule has 8 aromatic rings. The van der Waals surface area contributed by atoms with E-state index in [1.54, 1.807) is 0 Å². The van der Waals surface area contributed by atoms with Crippen LogP contribution in [0.15, 0.2) is 120 Å². The highest BCUT2D eigenvalue weighted by Crippen LogP contribution is 2.53. The van der Waals surface area contributed by atoms with Crippen LogP contribution in [0.25, 0.3) is 82.5 Å². The van der Waals surface area contributed by atoms with Gasteiger partial charge in [-0.1, -0.05) is 91.0 Å². The van der Waals surface area contributed by atoms with E-state index in [9.17, 15) is 0 Å². The normalized spacial score (nSPS) is 12.4. The van der Waals surface area contributed by atoms with Crippen molar-refractivity contribution in [3.05, 3.63) is 115 Å². The van der Waals surface area contributed by atoms with Crippen LogP contribution in [0.5, 0.6) is 0 Å². The van der Waals surface area contributed by atoms with E-state index >= 15 is 0 Å². The molecule has 0 aliphatic heterocycles. The minimum absolute atomic E-state index is 0.925. The summed E-state index contributed by atoms with van der Waals surface area (Å²) in [4.78, 5) is 0. The molecule has 2 heteroatoms. The summed E-state index contributed by atoms with van der Waals surface area (Å²) in [6.45, 7) is 0. The molecule has 2 nitrogen and oxygen atoms in total. The predicted molar refractivity (Wildman–Crippen MR) is 150 cm³/mol. The summed E-state index contributed by atoms with van der Waals surface area (Å²) in [5, 5.41) is 7.41. The topological polar surface area (TPSA) is 18.1 Å². The van der Waals surface area contributed by atoms with Crippen LogP contribution in [-0.4, -0.2) is 4.57 Å². The molecule has 0 saturated heterocycles. The van der Waals surface area contributed by atoms with E-state index in [0.717, 1.165) is 22.2 Å². The first-order chi connectivity index (χ1) is 17.9. The van der Waals surface area contributed by atoms with Gasteiger partial charge in [0.05, 0.1) is 16.4 Å². The zero-order chi connectivity index (χ0) is 23.4. The maximum Gasteiger partial charge on any atom is 0.145 e. The Bertz CT molecular complexity index is 2190. The molecule has 1 aliphatic carbocycles. The van der Waals surface area contributed by atoms with Crippen LogP contribution in [-0.2, 0) is 0 Å². The molecule has 9 rings (SSSR count). The highest BCUT2D eigenvalue weighted by molar-refractivity contribution is 6.39. The van der Waals surface area contributed by atoms with Crippen molar-refractivity contribution in [2.45, 2.75) is 0 Å². The summed E-state index contributed by atoms with van der Waals surface area (Å²) >= 11 is 0. The van der Waals surface area contributed by atoms with Gasteiger partial charge in [-0.05, 0) is 46.5 Å². The van der Waals surface area contributed by atoms with Crippen molar-refractivity contribution in [1.82, 2.24) is 4.57 Å². The van der Waals surface area contributed by atoms with Crippen LogP contribution in [0.1, 0.15) is 0 Å². The molecule has 0 spiro atoms. The largest absolute Gasteiger partial charge is 0.455 e. The number of fused-ring (bicyclic) bond motifs is 8. The smallest absolute Gasteiger partial charge is 0.145 e. The zero-order valence-electron chi connectivity index (χ0n) is 19.3. The Morgan fingerprint density at radius 3 is 1.92 bits per heavy atom. The van der Waals surface area contributed by atoms with Crippen molar-refractivity contribution >= 4 is 54.5 Å². The van der Waals surface area contributed by atoms with Crippen molar-refractivity contribution < 1.29 is 4.42 Å². The highest BCUT2D eigenvalue weighted by Gasteiger charge is 2.28. The lowest BCUT2D eigenvalue weighted by molar-refractivity contribution is 0.673. The van der Waals surface area contributed by atoms with E-state index in [4.69, 9.17) is 4.42 Å². The van der Waals surface area contributed by atoms with E-state index in [2.05, 4.69) is 120 Å². The lowest BCUT2D eigenvalue weighted by Crippen LogP contribution is -1.95. The van der Waals surface area contributed by atoms with E-state index in [1.165, 1.54) is 60.2 Å². The van der Waals surface area contributed by atoms with Gasteiger partial charge >= 0.3 is 0 Å². The van der Waals surface area contributed by atoms with Gasteiger partial charge in [0.25, 0.3) is 0 Å². The Morgan fingerprint density at radius 1 is 0.444 bits per heavy atom. The van der Waals surface area contributed by atoms with Crippen molar-refractivity contribution in [1.29, 1.82) is 0 Å². The van der Waals surface area contributed by atoms with Gasteiger partial charge < -0.3 is 8.98 Å². The third-order valence-electron chi connectivity index (χ3n) is 7.91. The van der Waals surface area contributed by atoms with Gasteiger partial charge in [0.15, 0.2) is 0 Å². The lowest BCUT2D eigenvalue weighted by atomic mass is 9.92. The molecular weight excluding hydrogens is 438 g/mol. The minimum atomic E-state index is 0.925. The molecule has 1 aliphatic rings. The minimum Gasteiger partial charge on any atom is -0.455 e. The van der Waals surface area contributed by atoms with E-state index in [0.29, 0.717) is 0 Å². The van der Waals surface area contributed by atoms with E-state index in [-0.39, 0.29) is 0 Å². The standard InChI is InChI=1S/C34H19NO/c1-2-10-20(11-3-1)35-27-18-9-16-24-22-13-5-4-12-21(22)23-15-8-17-26-29(23)32(30(24)27)33(35)31-25-14-6-7-19-28(25)36-34(26)31/h1-19H. The first kappa shape index (κ1) is 18.5. The van der Waals surface area contributed by atoms with Crippen LogP contribution in [0.4, 0.5) is 0 Å². The molecule has 0 N–H and O–H groups in total. The second-order valence-corrected chi connectivity index (χ2v) is 9.67. The van der Waals surface area contributed by atoms with Crippen molar-refractivity contribution in [2.75, 3.05) is 0 Å². The number of hydrogen-bond acceptors (Lipinski definition) is 1. The van der Waals surface area contributed by atoms with Crippen molar-refractivity contribution in [3.63, 3.8) is 0 Å². The van der Waals surface area contributed by atoms with Gasteiger partial charge in [0.2, 0.25) is 0 Å². The van der Waals surface area contributed by atoms with Gasteiger partial charge in [-0.2, -0.15) is 0 Å². The summed E-state index contributed by atoms with van der Waals surface area (Å²) in [6, 6.07) is 41.4. The number of furan rings is 1. The zero-order valence-corrected chi connectivity index (χ0v) is 19.3. The quantitative estimate of drug-likeness (QED) is 0.240. The molecule has 36 heavy (non-hydrogen) atoms. The molecule has 0 unspecified atom stereocenters. The summed E-state index contributed by atoms with van der Waals surface area (Å²) in [6.07, 6.45) is 0. The van der Waals surface area contributed by atoms with Gasteiger partial charge in [-0.25, -0.2) is 0 Å². The Hall–Kier alpha value is -4.82. The molecule has 2 aromatic heterocycles. The number of aromatic nitrogens is 1. The molecule has 6 aromatic carbocycles. The first-order valence-corrected chi connectivity index (χ1v) is 12.4. The number of hydrogen-bond donors (Lipinski definition) is 0. The summed E-state index contributed by atoms with van der Waals surface area (Å²) < 4.78 is 9.10. The summed E-state index contributed by atoms with van der Waals surface area (Å²) in [5.41, 5.74) is 10.6. The summed E-state index contributed by atoms with van der Waals surface area (Å²) in [7, 11) is 0. The molecular formula is C34H19NO. The first-order valence-electron chi connectivity index (χ1n) is 12.4. The fraction of sp³-hybridized carbons (Fsp3) is 0. The van der Waals surface area contributed by atoms with Crippen LogP contribution < -0.4 is 0 Å². The highest BCUT2D eigenvalue weighted by atomic mass is 16.3. The second-order valence-electron chi connectivity index (χ2n) is 9.67. The molecule has 0 saturated carbocycles. The van der Waals surface area contributed by atoms with Crippen LogP contribution in [0.2, 0.25) is 0 Å². The molecule has 0 bridgehead atoms. The van der Waals surface area contributed by atoms with Gasteiger partial charge in [-0.3, -0.25) is 0 Å². The monoisotopic (exact) mass is 457 g/mol. The number of nitrogens with zero attached hydrogens (tertiary/aromatic N) is 1. The van der Waals surface area contributed by atoms with Crippen LogP contribution >= 0.6 is 0 Å². The Labute approximate surface area is 206 Å². The Kier molecular flexibility index (Phi) is 3.31. The van der Waals surface area contributed by atoms with E-state index < -0.39 is 0 Å². The van der Waals surface area contributed by atoms with Gasteiger partial charge in [0.1, 0.15) is 11.2 Å². The molecule has 0 fully saturated rings. The lowest BCUT2D eigenvalue weighted by Gasteiger charge is -2.14. The Morgan fingerprint density at radius 2 is 1.08 bits per heavy atom. The van der Waals surface area contributed by atoms with Gasteiger partial charge in [-0.15, -0.1) is 0 Å². The van der Waals surface area contributed by atoms with E-state index in [1.807, 2.05) is 0 Å².